The second-order valence-corrected chi connectivity index (χ2v) is 5.75. The molecule has 0 amide bonds. The number of hydrogen-bond donors (Lipinski definition) is 0. The van der Waals surface area contributed by atoms with Crippen LogP contribution in [0.3, 0.4) is 0 Å². The van der Waals surface area contributed by atoms with E-state index in [2.05, 4.69) is 49.8 Å². The van der Waals surface area contributed by atoms with Crippen LogP contribution in [0.2, 0.25) is 5.15 Å². The predicted molar refractivity (Wildman–Crippen MR) is 99.9 cm³/mol. The van der Waals surface area contributed by atoms with E-state index in [1.807, 2.05) is 25.1 Å². The Balaban J connectivity index is 0. The summed E-state index contributed by atoms with van der Waals surface area (Å²) in [7, 11) is 0. The Bertz CT molecular complexity index is 536. The molecule has 0 aromatic carbocycles. The third kappa shape index (κ3) is 7.56. The van der Waals surface area contributed by atoms with Crippen molar-refractivity contribution < 1.29 is 0 Å². The van der Waals surface area contributed by atoms with Gasteiger partial charge >= 0.3 is 0 Å². The van der Waals surface area contributed by atoms with Gasteiger partial charge in [0.1, 0.15) is 5.15 Å². The van der Waals surface area contributed by atoms with E-state index in [-0.39, 0.29) is 14.9 Å². The third-order valence-corrected chi connectivity index (χ3v) is 3.23. The molecule has 2 nitrogen and oxygen atoms in total. The number of aromatic nitrogens is 2. The average Bonchev–Trinajstić information content (AvgIpc) is 2.39. The van der Waals surface area contributed by atoms with Crippen LogP contribution in [-0.2, 0) is 0 Å². The molecular formula is C19H31ClN2. The summed E-state index contributed by atoms with van der Waals surface area (Å²) < 4.78 is 0. The van der Waals surface area contributed by atoms with Crippen molar-refractivity contribution in [1.82, 2.24) is 9.97 Å². The first kappa shape index (κ1) is 22.9. The SMILES string of the molecule is C.C.CC(C)c1cccnc1Cl.Cc1cccc(C(C)C)n1. The van der Waals surface area contributed by atoms with Crippen LogP contribution >= 0.6 is 11.6 Å². The van der Waals surface area contributed by atoms with Crippen LogP contribution < -0.4 is 0 Å². The van der Waals surface area contributed by atoms with E-state index in [9.17, 15) is 0 Å². The van der Waals surface area contributed by atoms with E-state index in [0.717, 1.165) is 11.3 Å². The van der Waals surface area contributed by atoms with Gasteiger partial charge in [0.25, 0.3) is 0 Å². The fraction of sp³-hybridized carbons (Fsp3) is 0.474. The van der Waals surface area contributed by atoms with E-state index >= 15 is 0 Å². The maximum absolute atomic E-state index is 5.81. The second kappa shape index (κ2) is 11.2. The fourth-order valence-corrected chi connectivity index (χ4v) is 2.05. The van der Waals surface area contributed by atoms with Crippen molar-refractivity contribution in [3.8, 4) is 0 Å². The fourth-order valence-electron chi connectivity index (χ4n) is 1.71. The maximum Gasteiger partial charge on any atom is 0.132 e. The van der Waals surface area contributed by atoms with Gasteiger partial charge in [-0.3, -0.25) is 4.98 Å². The monoisotopic (exact) mass is 322 g/mol. The van der Waals surface area contributed by atoms with E-state index in [0.29, 0.717) is 17.0 Å². The number of aryl methyl sites for hydroxylation is 1. The average molecular weight is 323 g/mol. The Kier molecular flexibility index (Phi) is 11.6. The molecule has 3 heteroatoms. The van der Waals surface area contributed by atoms with Gasteiger partial charge in [-0.2, -0.15) is 0 Å². The highest BCUT2D eigenvalue weighted by molar-refractivity contribution is 6.30. The molecule has 2 aromatic heterocycles. The van der Waals surface area contributed by atoms with Gasteiger partial charge in [0.2, 0.25) is 0 Å². The molecule has 0 aliphatic carbocycles. The van der Waals surface area contributed by atoms with Crippen LogP contribution in [-0.4, -0.2) is 9.97 Å². The van der Waals surface area contributed by atoms with Gasteiger partial charge in [-0.1, -0.05) is 66.3 Å². The zero-order valence-electron chi connectivity index (χ0n) is 12.9. The molecule has 2 aromatic rings. The minimum Gasteiger partial charge on any atom is -0.258 e. The first-order valence-electron chi connectivity index (χ1n) is 6.95. The largest absolute Gasteiger partial charge is 0.258 e. The minimum atomic E-state index is 0. The number of nitrogens with zero attached hydrogens (tertiary/aromatic N) is 2. The molecule has 22 heavy (non-hydrogen) atoms. The molecule has 0 saturated carbocycles. The number of hydrogen-bond acceptors (Lipinski definition) is 2. The molecule has 0 aliphatic heterocycles. The van der Waals surface area contributed by atoms with Crippen molar-refractivity contribution in [3.63, 3.8) is 0 Å². The molecule has 0 aliphatic rings. The summed E-state index contributed by atoms with van der Waals surface area (Å²) in [6.45, 7) is 10.5. The Hall–Kier alpha value is -1.41. The van der Waals surface area contributed by atoms with Crippen LogP contribution in [0.5, 0.6) is 0 Å². The predicted octanol–water partition coefficient (Wildman–Crippen LogP) is 6.64. The zero-order valence-corrected chi connectivity index (χ0v) is 13.6. The quantitative estimate of drug-likeness (QED) is 0.579. The Morgan fingerprint density at radius 3 is 1.91 bits per heavy atom. The van der Waals surface area contributed by atoms with E-state index < -0.39 is 0 Å². The lowest BCUT2D eigenvalue weighted by Crippen LogP contribution is -1.92. The van der Waals surface area contributed by atoms with Gasteiger partial charge in [0, 0.05) is 17.6 Å². The smallest absolute Gasteiger partial charge is 0.132 e. The third-order valence-electron chi connectivity index (χ3n) is 2.91. The van der Waals surface area contributed by atoms with Gasteiger partial charge in [0.05, 0.1) is 0 Å². The van der Waals surface area contributed by atoms with Crippen LogP contribution in [0.4, 0.5) is 0 Å². The molecule has 0 spiro atoms. The molecule has 0 bridgehead atoms. The molecular weight excluding hydrogens is 292 g/mol. The highest BCUT2D eigenvalue weighted by atomic mass is 35.5. The lowest BCUT2D eigenvalue weighted by Gasteiger charge is -2.04. The number of halogens is 1. The van der Waals surface area contributed by atoms with Crippen molar-refractivity contribution in [2.75, 3.05) is 0 Å². The van der Waals surface area contributed by atoms with Crippen molar-refractivity contribution >= 4 is 11.6 Å². The Labute approximate surface area is 142 Å². The highest BCUT2D eigenvalue weighted by Crippen LogP contribution is 2.20. The van der Waals surface area contributed by atoms with E-state index in [4.69, 9.17) is 11.6 Å². The molecule has 2 rings (SSSR count). The van der Waals surface area contributed by atoms with Crippen molar-refractivity contribution in [3.05, 3.63) is 58.6 Å². The first-order chi connectivity index (χ1) is 9.41. The summed E-state index contributed by atoms with van der Waals surface area (Å²) in [5.41, 5.74) is 3.40. The molecule has 0 unspecified atom stereocenters. The molecule has 0 radical (unpaired) electrons. The van der Waals surface area contributed by atoms with Crippen LogP contribution in [0, 0.1) is 6.92 Å². The van der Waals surface area contributed by atoms with Crippen molar-refractivity contribution in [1.29, 1.82) is 0 Å². The van der Waals surface area contributed by atoms with Gasteiger partial charge in [0.15, 0.2) is 0 Å². The van der Waals surface area contributed by atoms with Gasteiger partial charge in [-0.25, -0.2) is 4.98 Å². The van der Waals surface area contributed by atoms with Crippen molar-refractivity contribution in [2.24, 2.45) is 0 Å². The molecule has 0 fully saturated rings. The molecule has 0 saturated heterocycles. The minimum absolute atomic E-state index is 0. The highest BCUT2D eigenvalue weighted by Gasteiger charge is 2.02. The zero-order chi connectivity index (χ0) is 15.1. The summed E-state index contributed by atoms with van der Waals surface area (Å²) in [5.74, 6) is 1.00. The lowest BCUT2D eigenvalue weighted by molar-refractivity contribution is 0.815. The standard InChI is InChI=1S/C9H13N.C8H10ClN.2CH4/c1-7(2)9-6-4-5-8(3)10-9;1-6(2)7-4-3-5-10-8(7)9;;/h4-7H,1-3H3;3-6H,1-2H3;2*1H4. The summed E-state index contributed by atoms with van der Waals surface area (Å²) in [6.07, 6.45) is 1.70. The van der Waals surface area contributed by atoms with Gasteiger partial charge < -0.3 is 0 Å². The second-order valence-electron chi connectivity index (χ2n) is 5.40. The summed E-state index contributed by atoms with van der Waals surface area (Å²) in [5, 5.41) is 0.623. The molecule has 2 heterocycles. The molecule has 0 N–H and O–H groups in total. The van der Waals surface area contributed by atoms with Crippen LogP contribution in [0.1, 0.15) is 71.3 Å². The van der Waals surface area contributed by atoms with E-state index in [1.165, 1.54) is 5.69 Å². The molecule has 0 atom stereocenters. The summed E-state index contributed by atoms with van der Waals surface area (Å²) in [6, 6.07) is 10.0. The number of pyridine rings is 2. The number of rotatable bonds is 2. The van der Waals surface area contributed by atoms with Gasteiger partial charge in [-0.05, 0) is 42.5 Å². The summed E-state index contributed by atoms with van der Waals surface area (Å²) >= 11 is 5.81. The topological polar surface area (TPSA) is 25.8 Å². The Morgan fingerprint density at radius 1 is 0.909 bits per heavy atom. The van der Waals surface area contributed by atoms with Crippen molar-refractivity contribution in [2.45, 2.75) is 61.3 Å². The van der Waals surface area contributed by atoms with Crippen LogP contribution in [0.25, 0.3) is 0 Å². The van der Waals surface area contributed by atoms with Gasteiger partial charge in [-0.15, -0.1) is 0 Å². The first-order valence-corrected chi connectivity index (χ1v) is 7.33. The molecule has 124 valence electrons. The lowest BCUT2D eigenvalue weighted by atomic mass is 10.1. The van der Waals surface area contributed by atoms with Crippen LogP contribution in [0.15, 0.2) is 36.5 Å². The maximum atomic E-state index is 5.81. The Morgan fingerprint density at radius 2 is 1.55 bits per heavy atom. The summed E-state index contributed by atoms with van der Waals surface area (Å²) in [4.78, 5) is 8.34. The van der Waals surface area contributed by atoms with E-state index in [1.54, 1.807) is 6.20 Å². The normalized spacial score (nSPS) is 9.45.